The zero-order valence-electron chi connectivity index (χ0n) is 7.48. The van der Waals surface area contributed by atoms with Gasteiger partial charge in [0.2, 0.25) is 0 Å². The molecule has 1 N–H and O–H groups in total. The minimum atomic E-state index is -0.292. The number of aliphatic hydroxyl groups excluding tert-OH is 1. The fourth-order valence-electron chi connectivity index (χ4n) is 1.67. The maximum absolute atomic E-state index is 9.80. The van der Waals surface area contributed by atoms with E-state index in [1.807, 2.05) is 6.07 Å². The molecule has 0 radical (unpaired) electrons. The lowest BCUT2D eigenvalue weighted by Gasteiger charge is -2.14. The van der Waals surface area contributed by atoms with E-state index in [4.69, 9.17) is 9.15 Å². The Bertz CT molecular complexity index is 237. The van der Waals surface area contributed by atoms with Crippen molar-refractivity contribution >= 4 is 0 Å². The van der Waals surface area contributed by atoms with Crippen LogP contribution < -0.4 is 0 Å². The van der Waals surface area contributed by atoms with Gasteiger partial charge in [-0.25, -0.2) is 0 Å². The fraction of sp³-hybridized carbons (Fsp3) is 0.600. The predicted molar refractivity (Wildman–Crippen MR) is 47.3 cm³/mol. The third-order valence-electron chi connectivity index (χ3n) is 2.53. The summed E-state index contributed by atoms with van der Waals surface area (Å²) in [6.45, 7) is 1.48. The minimum absolute atomic E-state index is 0.292. The molecule has 13 heavy (non-hydrogen) atoms. The highest BCUT2D eigenvalue weighted by atomic mass is 16.5. The van der Waals surface area contributed by atoms with E-state index in [0.29, 0.717) is 18.9 Å². The quantitative estimate of drug-likeness (QED) is 0.764. The Balaban J connectivity index is 1.87. The molecule has 0 aromatic carbocycles. The molecular weight excluding hydrogens is 168 g/mol. The van der Waals surface area contributed by atoms with Crippen molar-refractivity contribution in [3.63, 3.8) is 0 Å². The average molecular weight is 182 g/mol. The molecule has 1 saturated heterocycles. The summed E-state index contributed by atoms with van der Waals surface area (Å²) in [5.74, 6) is 0.301. The van der Waals surface area contributed by atoms with Crippen LogP contribution in [0.2, 0.25) is 0 Å². The van der Waals surface area contributed by atoms with Crippen molar-refractivity contribution in [2.45, 2.75) is 18.9 Å². The van der Waals surface area contributed by atoms with Crippen LogP contribution in [0.3, 0.4) is 0 Å². The Kier molecular flexibility index (Phi) is 2.66. The van der Waals surface area contributed by atoms with Crippen LogP contribution in [0, 0.1) is 5.92 Å². The van der Waals surface area contributed by atoms with Crippen LogP contribution in [-0.2, 0) is 11.2 Å². The van der Waals surface area contributed by atoms with Crippen LogP contribution in [-0.4, -0.2) is 24.4 Å². The zero-order valence-corrected chi connectivity index (χ0v) is 7.48. The summed E-state index contributed by atoms with van der Waals surface area (Å²) < 4.78 is 10.1. The van der Waals surface area contributed by atoms with E-state index >= 15 is 0 Å². The molecular formula is C10H14O3. The summed E-state index contributed by atoms with van der Waals surface area (Å²) in [5.41, 5.74) is 1.06. The maximum Gasteiger partial charge on any atom is 0.0935 e. The van der Waals surface area contributed by atoms with Crippen molar-refractivity contribution in [3.05, 3.63) is 24.2 Å². The Labute approximate surface area is 77.3 Å². The molecule has 0 amide bonds. The van der Waals surface area contributed by atoms with E-state index in [9.17, 15) is 5.11 Å². The lowest BCUT2D eigenvalue weighted by atomic mass is 9.97. The van der Waals surface area contributed by atoms with Gasteiger partial charge in [0.25, 0.3) is 0 Å². The Morgan fingerprint density at radius 3 is 3.15 bits per heavy atom. The lowest BCUT2D eigenvalue weighted by molar-refractivity contribution is 0.0917. The van der Waals surface area contributed by atoms with Gasteiger partial charge in [-0.15, -0.1) is 0 Å². The molecule has 72 valence electrons. The van der Waals surface area contributed by atoms with Gasteiger partial charge in [-0.05, 0) is 18.1 Å². The third kappa shape index (κ3) is 2.11. The first kappa shape index (κ1) is 8.78. The standard InChI is InChI=1S/C10H14O3/c11-10(9-2-4-13-7-9)5-8-1-3-12-6-8/h1,3,6,9-11H,2,4-5,7H2. The van der Waals surface area contributed by atoms with Gasteiger partial charge in [0.05, 0.1) is 25.2 Å². The molecule has 2 heterocycles. The van der Waals surface area contributed by atoms with Gasteiger partial charge < -0.3 is 14.3 Å². The number of hydrogen-bond acceptors (Lipinski definition) is 3. The molecule has 3 nitrogen and oxygen atoms in total. The molecule has 1 aromatic rings. The fourth-order valence-corrected chi connectivity index (χ4v) is 1.67. The van der Waals surface area contributed by atoms with Gasteiger partial charge in [0.15, 0.2) is 0 Å². The van der Waals surface area contributed by atoms with Gasteiger partial charge in [-0.2, -0.15) is 0 Å². The zero-order chi connectivity index (χ0) is 9.10. The molecule has 0 bridgehead atoms. The molecule has 0 spiro atoms. The Morgan fingerprint density at radius 2 is 2.54 bits per heavy atom. The molecule has 2 atom stereocenters. The number of hydrogen-bond donors (Lipinski definition) is 1. The van der Waals surface area contributed by atoms with E-state index in [-0.39, 0.29) is 6.10 Å². The number of aliphatic hydroxyl groups is 1. The first-order valence-corrected chi connectivity index (χ1v) is 4.63. The predicted octanol–water partition coefficient (Wildman–Crippen LogP) is 1.22. The van der Waals surface area contributed by atoms with Crippen LogP contribution in [0.1, 0.15) is 12.0 Å². The molecule has 2 unspecified atom stereocenters. The smallest absolute Gasteiger partial charge is 0.0935 e. The van der Waals surface area contributed by atoms with Crippen LogP contribution in [0.5, 0.6) is 0 Å². The van der Waals surface area contributed by atoms with E-state index in [0.717, 1.165) is 18.6 Å². The van der Waals surface area contributed by atoms with Crippen molar-refractivity contribution in [2.75, 3.05) is 13.2 Å². The van der Waals surface area contributed by atoms with E-state index in [1.54, 1.807) is 12.5 Å². The van der Waals surface area contributed by atoms with Crippen molar-refractivity contribution in [1.29, 1.82) is 0 Å². The molecule has 1 aliphatic rings. The average Bonchev–Trinajstić information content (AvgIpc) is 2.74. The number of rotatable bonds is 3. The Morgan fingerprint density at radius 1 is 1.62 bits per heavy atom. The van der Waals surface area contributed by atoms with Crippen LogP contribution in [0.25, 0.3) is 0 Å². The summed E-state index contributed by atoms with van der Waals surface area (Å²) in [6, 6.07) is 1.89. The van der Waals surface area contributed by atoms with E-state index < -0.39 is 0 Å². The molecule has 3 heteroatoms. The minimum Gasteiger partial charge on any atom is -0.472 e. The second kappa shape index (κ2) is 3.94. The summed E-state index contributed by atoms with van der Waals surface area (Å²) in [6.07, 6.45) is 4.66. The largest absolute Gasteiger partial charge is 0.472 e. The summed E-state index contributed by atoms with van der Waals surface area (Å²) in [5, 5.41) is 9.80. The molecule has 0 saturated carbocycles. The number of ether oxygens (including phenoxy) is 1. The Hall–Kier alpha value is -0.800. The summed E-state index contributed by atoms with van der Waals surface area (Å²) in [4.78, 5) is 0. The summed E-state index contributed by atoms with van der Waals surface area (Å²) in [7, 11) is 0. The van der Waals surface area contributed by atoms with Gasteiger partial charge in [0.1, 0.15) is 0 Å². The monoisotopic (exact) mass is 182 g/mol. The molecule has 1 aromatic heterocycles. The van der Waals surface area contributed by atoms with Crippen LogP contribution in [0.4, 0.5) is 0 Å². The molecule has 1 fully saturated rings. The van der Waals surface area contributed by atoms with Crippen LogP contribution in [0.15, 0.2) is 23.0 Å². The van der Waals surface area contributed by atoms with Crippen molar-refractivity contribution < 1.29 is 14.3 Å². The first-order chi connectivity index (χ1) is 6.36. The van der Waals surface area contributed by atoms with E-state index in [2.05, 4.69) is 0 Å². The molecule has 1 aliphatic heterocycles. The highest BCUT2D eigenvalue weighted by molar-refractivity contribution is 5.07. The lowest BCUT2D eigenvalue weighted by Crippen LogP contribution is -2.22. The highest BCUT2D eigenvalue weighted by Gasteiger charge is 2.24. The van der Waals surface area contributed by atoms with Crippen molar-refractivity contribution in [1.82, 2.24) is 0 Å². The maximum atomic E-state index is 9.80. The summed E-state index contributed by atoms with van der Waals surface area (Å²) >= 11 is 0. The molecule has 0 aliphatic carbocycles. The topological polar surface area (TPSA) is 42.6 Å². The number of furan rings is 1. The van der Waals surface area contributed by atoms with Gasteiger partial charge in [0, 0.05) is 18.9 Å². The third-order valence-corrected chi connectivity index (χ3v) is 2.53. The first-order valence-electron chi connectivity index (χ1n) is 4.63. The van der Waals surface area contributed by atoms with Gasteiger partial charge >= 0.3 is 0 Å². The second-order valence-electron chi connectivity index (χ2n) is 3.53. The second-order valence-corrected chi connectivity index (χ2v) is 3.53. The van der Waals surface area contributed by atoms with E-state index in [1.165, 1.54) is 0 Å². The van der Waals surface area contributed by atoms with Crippen molar-refractivity contribution in [2.24, 2.45) is 5.92 Å². The van der Waals surface area contributed by atoms with Crippen molar-refractivity contribution in [3.8, 4) is 0 Å². The van der Waals surface area contributed by atoms with Gasteiger partial charge in [-0.1, -0.05) is 0 Å². The van der Waals surface area contributed by atoms with Gasteiger partial charge in [-0.3, -0.25) is 0 Å². The van der Waals surface area contributed by atoms with Crippen LogP contribution >= 0.6 is 0 Å². The SMILES string of the molecule is OC(Cc1ccoc1)C1CCOC1. The normalized spacial score (nSPS) is 24.8. The molecule has 2 rings (SSSR count). The highest BCUT2D eigenvalue weighted by Crippen LogP contribution is 2.19.